The molecule has 1 aromatic rings. The summed E-state index contributed by atoms with van der Waals surface area (Å²) in [6.45, 7) is 6.05. The van der Waals surface area contributed by atoms with E-state index < -0.39 is 0 Å². The minimum absolute atomic E-state index is 0.0708. The third-order valence-electron chi connectivity index (χ3n) is 5.51. The molecule has 0 N–H and O–H groups in total. The molecule has 3 rings (SSSR count). The molecule has 0 aliphatic carbocycles. The number of rotatable bonds is 3. The zero-order valence-corrected chi connectivity index (χ0v) is 15.6. The largest absolute Gasteiger partial charge is 0.341 e. The van der Waals surface area contributed by atoms with Crippen LogP contribution in [0.2, 0.25) is 0 Å². The van der Waals surface area contributed by atoms with E-state index in [1.807, 2.05) is 4.90 Å². The second-order valence-electron chi connectivity index (χ2n) is 7.51. The van der Waals surface area contributed by atoms with Crippen LogP contribution in [0.4, 0.5) is 4.39 Å². The molecular weight excluding hydrogens is 331 g/mol. The highest BCUT2D eigenvalue weighted by molar-refractivity contribution is 6.00. The average molecular weight is 358 g/mol. The van der Waals surface area contributed by atoms with Gasteiger partial charge in [-0.15, -0.1) is 0 Å². The van der Waals surface area contributed by atoms with E-state index in [1.54, 1.807) is 36.1 Å². The number of carbonyl (C=O) groups excluding carboxylic acids is 2. The number of benzene rings is 1. The Morgan fingerprint density at radius 1 is 1.12 bits per heavy atom. The smallest absolute Gasteiger partial charge is 0.250 e. The molecule has 2 heterocycles. The van der Waals surface area contributed by atoms with Crippen molar-refractivity contribution in [1.29, 1.82) is 0 Å². The van der Waals surface area contributed by atoms with Crippen molar-refractivity contribution >= 4 is 17.9 Å². The van der Waals surface area contributed by atoms with E-state index in [-0.39, 0.29) is 23.7 Å². The first-order valence-corrected chi connectivity index (χ1v) is 9.50. The molecule has 0 aromatic heterocycles. The number of piperidine rings is 1. The van der Waals surface area contributed by atoms with Crippen LogP contribution in [0.15, 0.2) is 29.8 Å². The maximum Gasteiger partial charge on any atom is 0.250 e. The van der Waals surface area contributed by atoms with Gasteiger partial charge in [0.15, 0.2) is 0 Å². The minimum Gasteiger partial charge on any atom is -0.341 e. The van der Waals surface area contributed by atoms with Crippen LogP contribution >= 0.6 is 0 Å². The van der Waals surface area contributed by atoms with E-state index in [2.05, 4.69) is 6.92 Å². The van der Waals surface area contributed by atoms with E-state index in [9.17, 15) is 14.0 Å². The second kappa shape index (κ2) is 8.02. The van der Waals surface area contributed by atoms with E-state index >= 15 is 0 Å². The summed E-state index contributed by atoms with van der Waals surface area (Å²) in [5.74, 6) is 0.207. The lowest BCUT2D eigenvalue weighted by Gasteiger charge is -2.34. The van der Waals surface area contributed by atoms with Crippen LogP contribution in [0.3, 0.4) is 0 Å². The standard InChI is InChI=1S/C21H27FN2O2/c1-15-9-12-23(13-10-15)21(26)19-8-5-11-24(19)20(25)16(2)14-17-6-3-4-7-18(17)22/h3-4,6-7,14-15,19H,5,8-13H2,1-2H3/b16-14+/t19-/m0/s1. The van der Waals surface area contributed by atoms with Crippen LogP contribution in [0.25, 0.3) is 6.08 Å². The van der Waals surface area contributed by atoms with Crippen molar-refractivity contribution in [1.82, 2.24) is 9.80 Å². The summed E-state index contributed by atoms with van der Waals surface area (Å²) in [5, 5.41) is 0. The Morgan fingerprint density at radius 2 is 1.81 bits per heavy atom. The predicted octanol–water partition coefficient (Wildman–Crippen LogP) is 3.48. The summed E-state index contributed by atoms with van der Waals surface area (Å²) in [7, 11) is 0. The molecule has 1 aromatic carbocycles. The Balaban J connectivity index is 1.72. The van der Waals surface area contributed by atoms with E-state index in [0.29, 0.717) is 30.0 Å². The number of hydrogen-bond donors (Lipinski definition) is 0. The van der Waals surface area contributed by atoms with Crippen molar-refractivity contribution in [3.63, 3.8) is 0 Å². The Morgan fingerprint density at radius 3 is 2.50 bits per heavy atom. The average Bonchev–Trinajstić information content (AvgIpc) is 3.12. The van der Waals surface area contributed by atoms with E-state index in [1.165, 1.54) is 6.07 Å². The number of carbonyl (C=O) groups is 2. The van der Waals surface area contributed by atoms with Gasteiger partial charge in [-0.05, 0) is 50.7 Å². The molecule has 0 spiro atoms. The summed E-state index contributed by atoms with van der Waals surface area (Å²) >= 11 is 0. The Bertz CT molecular complexity index is 708. The topological polar surface area (TPSA) is 40.6 Å². The Hall–Kier alpha value is -2.17. The number of amides is 2. The van der Waals surface area contributed by atoms with Crippen molar-refractivity contribution < 1.29 is 14.0 Å². The van der Waals surface area contributed by atoms with Gasteiger partial charge >= 0.3 is 0 Å². The number of halogens is 1. The molecule has 5 heteroatoms. The van der Waals surface area contributed by atoms with E-state index in [4.69, 9.17) is 0 Å². The van der Waals surface area contributed by atoms with Crippen LogP contribution in [-0.2, 0) is 9.59 Å². The minimum atomic E-state index is -0.375. The fraction of sp³-hybridized carbons (Fsp3) is 0.524. The zero-order valence-electron chi connectivity index (χ0n) is 15.6. The summed E-state index contributed by atoms with van der Waals surface area (Å²) in [6, 6.07) is 6.02. The SMILES string of the molecule is C/C(=C\c1ccccc1F)C(=O)N1CCC[C@H]1C(=O)N1CCC(C)CC1. The first-order valence-electron chi connectivity index (χ1n) is 9.50. The normalized spacial score (nSPS) is 22.0. The van der Waals surface area contributed by atoms with Gasteiger partial charge in [-0.3, -0.25) is 9.59 Å². The van der Waals surface area contributed by atoms with Gasteiger partial charge in [0.25, 0.3) is 0 Å². The van der Waals surface area contributed by atoms with Crippen LogP contribution < -0.4 is 0 Å². The van der Waals surface area contributed by atoms with Crippen LogP contribution in [0, 0.1) is 11.7 Å². The Kier molecular flexibility index (Phi) is 5.74. The molecular formula is C21H27FN2O2. The van der Waals surface area contributed by atoms with E-state index in [0.717, 1.165) is 32.4 Å². The highest BCUT2D eigenvalue weighted by Crippen LogP contribution is 2.25. The first-order chi connectivity index (χ1) is 12.5. The molecule has 1 atom stereocenters. The maximum absolute atomic E-state index is 13.8. The first kappa shape index (κ1) is 18.6. The molecule has 2 aliphatic rings. The molecule has 0 radical (unpaired) electrons. The fourth-order valence-corrected chi connectivity index (χ4v) is 3.82. The summed E-state index contributed by atoms with van der Waals surface area (Å²) in [4.78, 5) is 29.4. The molecule has 2 fully saturated rings. The van der Waals surface area contributed by atoms with Crippen molar-refractivity contribution in [2.45, 2.75) is 45.6 Å². The van der Waals surface area contributed by atoms with Gasteiger partial charge < -0.3 is 9.80 Å². The lowest BCUT2D eigenvalue weighted by atomic mass is 9.98. The zero-order chi connectivity index (χ0) is 18.7. The van der Waals surface area contributed by atoms with Crippen LogP contribution in [0.5, 0.6) is 0 Å². The van der Waals surface area contributed by atoms with Gasteiger partial charge in [0.05, 0.1) is 0 Å². The van der Waals surface area contributed by atoms with Gasteiger partial charge in [-0.25, -0.2) is 4.39 Å². The molecule has 26 heavy (non-hydrogen) atoms. The molecule has 0 unspecified atom stereocenters. The third-order valence-corrected chi connectivity index (χ3v) is 5.51. The van der Waals surface area contributed by atoms with Crippen LogP contribution in [-0.4, -0.2) is 47.3 Å². The summed E-state index contributed by atoms with van der Waals surface area (Å²) < 4.78 is 13.8. The highest BCUT2D eigenvalue weighted by atomic mass is 19.1. The van der Waals surface area contributed by atoms with Crippen molar-refractivity contribution in [2.75, 3.05) is 19.6 Å². The van der Waals surface area contributed by atoms with Gasteiger partial charge in [-0.1, -0.05) is 25.1 Å². The van der Waals surface area contributed by atoms with Crippen molar-refractivity contribution in [3.8, 4) is 0 Å². The number of hydrogen-bond acceptors (Lipinski definition) is 2. The summed E-state index contributed by atoms with van der Waals surface area (Å²) in [5.41, 5.74) is 0.854. The lowest BCUT2D eigenvalue weighted by Crippen LogP contribution is -2.50. The van der Waals surface area contributed by atoms with Crippen molar-refractivity contribution in [3.05, 3.63) is 41.2 Å². The monoisotopic (exact) mass is 358 g/mol. The predicted molar refractivity (Wildman–Crippen MR) is 99.8 cm³/mol. The Labute approximate surface area is 154 Å². The maximum atomic E-state index is 13.8. The molecule has 0 saturated carbocycles. The molecule has 0 bridgehead atoms. The molecule has 140 valence electrons. The second-order valence-corrected chi connectivity index (χ2v) is 7.51. The molecule has 2 amide bonds. The fourth-order valence-electron chi connectivity index (χ4n) is 3.82. The van der Waals surface area contributed by atoms with Crippen molar-refractivity contribution in [2.24, 2.45) is 5.92 Å². The van der Waals surface area contributed by atoms with Gasteiger partial charge in [0.1, 0.15) is 11.9 Å². The van der Waals surface area contributed by atoms with Gasteiger partial charge in [0, 0.05) is 30.8 Å². The third kappa shape index (κ3) is 3.97. The van der Waals surface area contributed by atoms with Gasteiger partial charge in [-0.2, -0.15) is 0 Å². The molecule has 4 nitrogen and oxygen atoms in total. The molecule has 2 aliphatic heterocycles. The summed E-state index contributed by atoms with van der Waals surface area (Å²) in [6.07, 6.45) is 5.17. The quantitative estimate of drug-likeness (QED) is 0.776. The van der Waals surface area contributed by atoms with Gasteiger partial charge in [0.2, 0.25) is 11.8 Å². The highest BCUT2D eigenvalue weighted by Gasteiger charge is 2.37. The molecule has 2 saturated heterocycles. The van der Waals surface area contributed by atoms with Crippen LogP contribution in [0.1, 0.15) is 45.1 Å². The number of likely N-dealkylation sites (tertiary alicyclic amines) is 2. The number of nitrogens with zero attached hydrogens (tertiary/aromatic N) is 2. The lowest BCUT2D eigenvalue weighted by molar-refractivity contribution is -0.143.